The molecule has 0 aromatic carbocycles. The van der Waals surface area contributed by atoms with Crippen LogP contribution in [0.15, 0.2) is 0 Å². The highest BCUT2D eigenvalue weighted by atomic mass is 32.2. The van der Waals surface area contributed by atoms with Crippen molar-refractivity contribution in [1.29, 1.82) is 0 Å². The van der Waals surface area contributed by atoms with Crippen molar-refractivity contribution in [3.8, 4) is 0 Å². The van der Waals surface area contributed by atoms with E-state index in [4.69, 9.17) is 5.73 Å². The maximum atomic E-state index is 5.51. The number of nitrogens with two attached hydrogens (primary N) is 1. The average molecular weight is 187 g/mol. The molecule has 2 N–H and O–H groups in total. The van der Waals surface area contributed by atoms with E-state index < -0.39 is 0 Å². The van der Waals surface area contributed by atoms with E-state index in [1.54, 1.807) is 0 Å². The van der Waals surface area contributed by atoms with Gasteiger partial charge in [-0.1, -0.05) is 12.8 Å². The van der Waals surface area contributed by atoms with E-state index in [1.165, 1.54) is 50.0 Å². The maximum Gasteiger partial charge on any atom is -0.00391 e. The second kappa shape index (κ2) is 6.79. The molecule has 1 rings (SSSR count). The summed E-state index contributed by atoms with van der Waals surface area (Å²) < 4.78 is 0. The zero-order valence-electron chi connectivity index (χ0n) is 7.93. The Labute approximate surface area is 80.5 Å². The van der Waals surface area contributed by atoms with Gasteiger partial charge in [-0.25, -0.2) is 0 Å². The highest BCUT2D eigenvalue weighted by molar-refractivity contribution is 7.99. The molecule has 72 valence electrons. The molecule has 1 atom stereocenters. The number of thioether (sulfide) groups is 1. The van der Waals surface area contributed by atoms with Crippen molar-refractivity contribution in [3.05, 3.63) is 0 Å². The molecule has 0 bridgehead atoms. The SMILES string of the molecule is NCCCC1CCCCCSC1. The van der Waals surface area contributed by atoms with Crippen LogP contribution in [0, 0.1) is 5.92 Å². The lowest BCUT2D eigenvalue weighted by molar-refractivity contribution is 0.456. The summed E-state index contributed by atoms with van der Waals surface area (Å²) in [6, 6.07) is 0. The van der Waals surface area contributed by atoms with E-state index in [9.17, 15) is 0 Å². The maximum absolute atomic E-state index is 5.51. The zero-order chi connectivity index (χ0) is 8.65. The van der Waals surface area contributed by atoms with Gasteiger partial charge in [-0.05, 0) is 49.7 Å². The second-order valence-corrected chi connectivity index (χ2v) is 4.87. The monoisotopic (exact) mass is 187 g/mol. The molecule has 2 heteroatoms. The Bertz CT molecular complexity index is 95.3. The van der Waals surface area contributed by atoms with E-state index in [0.717, 1.165) is 12.5 Å². The zero-order valence-corrected chi connectivity index (χ0v) is 8.74. The van der Waals surface area contributed by atoms with Crippen molar-refractivity contribution in [2.24, 2.45) is 11.7 Å². The van der Waals surface area contributed by atoms with E-state index in [-0.39, 0.29) is 0 Å². The van der Waals surface area contributed by atoms with Gasteiger partial charge in [-0.15, -0.1) is 0 Å². The summed E-state index contributed by atoms with van der Waals surface area (Å²) in [5, 5.41) is 0. The van der Waals surface area contributed by atoms with Gasteiger partial charge in [0.2, 0.25) is 0 Å². The second-order valence-electron chi connectivity index (χ2n) is 3.72. The molecule has 1 saturated heterocycles. The minimum atomic E-state index is 0.876. The van der Waals surface area contributed by atoms with Crippen LogP contribution in [-0.2, 0) is 0 Å². The lowest BCUT2D eigenvalue weighted by atomic mass is 9.98. The first-order valence-corrected chi connectivity index (χ1v) is 6.37. The molecule has 1 unspecified atom stereocenters. The van der Waals surface area contributed by atoms with Crippen molar-refractivity contribution >= 4 is 11.8 Å². The predicted octanol–water partition coefficient (Wildman–Crippen LogP) is 2.65. The van der Waals surface area contributed by atoms with E-state index in [1.807, 2.05) is 0 Å². The molecule has 0 saturated carbocycles. The standard InChI is InChI=1S/C10H21NS/c11-7-4-6-10-5-2-1-3-8-12-9-10/h10H,1-9,11H2. The summed E-state index contributed by atoms with van der Waals surface area (Å²) in [5.41, 5.74) is 5.51. The Morgan fingerprint density at radius 1 is 1.25 bits per heavy atom. The Balaban J connectivity index is 2.11. The van der Waals surface area contributed by atoms with Crippen LogP contribution in [0.2, 0.25) is 0 Å². The summed E-state index contributed by atoms with van der Waals surface area (Å²) >= 11 is 2.15. The van der Waals surface area contributed by atoms with Gasteiger partial charge in [0.25, 0.3) is 0 Å². The molecule has 1 heterocycles. The Morgan fingerprint density at radius 2 is 2.17 bits per heavy atom. The van der Waals surface area contributed by atoms with Gasteiger partial charge in [-0.2, -0.15) is 11.8 Å². The van der Waals surface area contributed by atoms with Crippen LogP contribution in [0.4, 0.5) is 0 Å². The molecule has 1 fully saturated rings. The van der Waals surface area contributed by atoms with Crippen LogP contribution < -0.4 is 5.73 Å². The third-order valence-electron chi connectivity index (χ3n) is 2.57. The van der Waals surface area contributed by atoms with Gasteiger partial charge < -0.3 is 5.73 Å². The van der Waals surface area contributed by atoms with Gasteiger partial charge in [0.05, 0.1) is 0 Å². The molecule has 1 nitrogen and oxygen atoms in total. The number of hydrogen-bond donors (Lipinski definition) is 1. The molecular formula is C10H21NS. The molecule has 0 aromatic rings. The van der Waals surface area contributed by atoms with Gasteiger partial charge in [0.1, 0.15) is 0 Å². The largest absolute Gasteiger partial charge is 0.330 e. The van der Waals surface area contributed by atoms with Crippen LogP contribution in [0.5, 0.6) is 0 Å². The first-order chi connectivity index (χ1) is 5.93. The summed E-state index contributed by atoms with van der Waals surface area (Å²) in [7, 11) is 0. The Morgan fingerprint density at radius 3 is 3.00 bits per heavy atom. The fourth-order valence-corrected chi connectivity index (χ4v) is 3.02. The fourth-order valence-electron chi connectivity index (χ4n) is 1.78. The fraction of sp³-hybridized carbons (Fsp3) is 1.00. The smallest absolute Gasteiger partial charge is 0.00391 e. The van der Waals surface area contributed by atoms with E-state index in [2.05, 4.69) is 11.8 Å². The number of rotatable bonds is 3. The van der Waals surface area contributed by atoms with Crippen LogP contribution in [0.25, 0.3) is 0 Å². The molecule has 0 radical (unpaired) electrons. The third kappa shape index (κ3) is 4.36. The van der Waals surface area contributed by atoms with Crippen LogP contribution in [-0.4, -0.2) is 18.1 Å². The topological polar surface area (TPSA) is 26.0 Å². The highest BCUT2D eigenvalue weighted by Crippen LogP contribution is 2.24. The molecule has 0 amide bonds. The minimum Gasteiger partial charge on any atom is -0.330 e. The summed E-state index contributed by atoms with van der Waals surface area (Å²) in [5.74, 6) is 3.75. The first-order valence-electron chi connectivity index (χ1n) is 5.21. The first kappa shape index (κ1) is 10.4. The van der Waals surface area contributed by atoms with E-state index >= 15 is 0 Å². The Hall–Kier alpha value is 0.310. The van der Waals surface area contributed by atoms with Gasteiger partial charge in [-0.3, -0.25) is 0 Å². The predicted molar refractivity (Wildman–Crippen MR) is 57.6 cm³/mol. The van der Waals surface area contributed by atoms with Gasteiger partial charge >= 0.3 is 0 Å². The quantitative estimate of drug-likeness (QED) is 0.735. The molecule has 12 heavy (non-hydrogen) atoms. The molecular weight excluding hydrogens is 166 g/mol. The summed E-state index contributed by atoms with van der Waals surface area (Å²) in [6.45, 7) is 0.876. The van der Waals surface area contributed by atoms with Gasteiger partial charge in [0.15, 0.2) is 0 Å². The van der Waals surface area contributed by atoms with Gasteiger partial charge in [0, 0.05) is 0 Å². The lowest BCUT2D eigenvalue weighted by Crippen LogP contribution is -2.10. The van der Waals surface area contributed by atoms with Crippen molar-refractivity contribution in [2.75, 3.05) is 18.1 Å². The third-order valence-corrected chi connectivity index (χ3v) is 3.86. The van der Waals surface area contributed by atoms with Crippen LogP contribution >= 0.6 is 11.8 Å². The number of hydrogen-bond acceptors (Lipinski definition) is 2. The minimum absolute atomic E-state index is 0.876. The summed E-state index contributed by atoms with van der Waals surface area (Å²) in [6.07, 6.45) is 8.39. The average Bonchev–Trinajstić information content (AvgIpc) is 2.02. The Kier molecular flexibility index (Phi) is 5.88. The molecule has 1 aliphatic heterocycles. The van der Waals surface area contributed by atoms with Crippen LogP contribution in [0.3, 0.4) is 0 Å². The van der Waals surface area contributed by atoms with Crippen molar-refractivity contribution in [1.82, 2.24) is 0 Å². The van der Waals surface area contributed by atoms with Crippen molar-refractivity contribution in [3.63, 3.8) is 0 Å². The van der Waals surface area contributed by atoms with Crippen molar-refractivity contribution in [2.45, 2.75) is 38.5 Å². The van der Waals surface area contributed by atoms with Crippen LogP contribution in [0.1, 0.15) is 38.5 Å². The lowest BCUT2D eigenvalue weighted by Gasteiger charge is -2.18. The van der Waals surface area contributed by atoms with Crippen molar-refractivity contribution < 1.29 is 0 Å². The highest BCUT2D eigenvalue weighted by Gasteiger charge is 2.10. The molecule has 1 aliphatic rings. The molecule has 0 aromatic heterocycles. The summed E-state index contributed by atoms with van der Waals surface area (Å²) in [4.78, 5) is 0. The van der Waals surface area contributed by atoms with E-state index in [0.29, 0.717) is 0 Å². The normalized spacial score (nSPS) is 26.2. The molecule has 0 spiro atoms. The molecule has 0 aliphatic carbocycles.